The van der Waals surface area contributed by atoms with Crippen LogP contribution in [-0.4, -0.2) is 8.42 Å². The van der Waals surface area contributed by atoms with Crippen LogP contribution in [-0.2, 0) is 9.33 Å². The molecule has 2 aromatic rings. The molecule has 1 heterocycles. The van der Waals surface area contributed by atoms with Gasteiger partial charge in [0, 0.05) is 11.5 Å². The zero-order valence-electron chi connectivity index (χ0n) is 6.81. The molecule has 0 N–H and O–H groups in total. The van der Waals surface area contributed by atoms with E-state index < -0.39 is 9.33 Å². The average Bonchev–Trinajstić information content (AvgIpc) is 2.42. The maximum absolute atomic E-state index is 10.6. The Morgan fingerprint density at radius 1 is 1.29 bits per heavy atom. The van der Waals surface area contributed by atoms with Crippen LogP contribution in [0.1, 0.15) is 0 Å². The summed E-state index contributed by atoms with van der Waals surface area (Å²) in [6, 6.07) is 8.49. The summed E-state index contributed by atoms with van der Waals surface area (Å²) >= 11 is 0. The summed E-state index contributed by atoms with van der Waals surface area (Å²) in [4.78, 5) is 0. The van der Waals surface area contributed by atoms with Gasteiger partial charge in [0.1, 0.15) is 5.58 Å². The molecule has 6 heteroatoms. The molecule has 0 saturated carbocycles. The fourth-order valence-corrected chi connectivity index (χ4v) is 1.56. The van der Waals surface area contributed by atoms with Crippen LogP contribution in [0.3, 0.4) is 0 Å². The van der Waals surface area contributed by atoms with Crippen LogP contribution < -0.4 is 4.18 Å². The van der Waals surface area contributed by atoms with E-state index in [0.29, 0.717) is 5.58 Å². The van der Waals surface area contributed by atoms with Crippen molar-refractivity contribution in [2.24, 2.45) is 0 Å². The van der Waals surface area contributed by atoms with E-state index in [1.807, 2.05) is 0 Å². The molecular weight excluding hydrogens is 228 g/mol. The van der Waals surface area contributed by atoms with E-state index in [-0.39, 0.29) is 5.95 Å². The van der Waals surface area contributed by atoms with Gasteiger partial charge in [0.25, 0.3) is 0 Å². The van der Waals surface area contributed by atoms with Crippen molar-refractivity contribution in [1.82, 2.24) is 0 Å². The first-order valence-corrected chi connectivity index (χ1v) is 5.91. The van der Waals surface area contributed by atoms with E-state index in [0.717, 1.165) is 5.39 Å². The predicted octanol–water partition coefficient (Wildman–Crippen LogP) is 2.30. The SMILES string of the molecule is O=S(=O)(Cl)Oc1cc2ccccc2o1. The van der Waals surface area contributed by atoms with Gasteiger partial charge in [-0.2, -0.15) is 8.42 Å². The summed E-state index contributed by atoms with van der Waals surface area (Å²) in [7, 11) is 0.839. The van der Waals surface area contributed by atoms with Gasteiger partial charge < -0.3 is 8.60 Å². The van der Waals surface area contributed by atoms with Crippen molar-refractivity contribution in [2.75, 3.05) is 0 Å². The topological polar surface area (TPSA) is 56.5 Å². The van der Waals surface area contributed by atoms with Gasteiger partial charge in [-0.3, -0.25) is 0 Å². The van der Waals surface area contributed by atoms with Crippen molar-refractivity contribution in [3.63, 3.8) is 0 Å². The second kappa shape index (κ2) is 3.18. The molecule has 2 rings (SSSR count). The third-order valence-corrected chi connectivity index (χ3v) is 2.14. The van der Waals surface area contributed by atoms with Gasteiger partial charge in [0.05, 0.1) is 10.7 Å². The lowest BCUT2D eigenvalue weighted by molar-refractivity contribution is 0.406. The van der Waals surface area contributed by atoms with Gasteiger partial charge in [0.15, 0.2) is 0 Å². The minimum absolute atomic E-state index is 0.138. The maximum Gasteiger partial charge on any atom is 0.403 e. The van der Waals surface area contributed by atoms with Crippen LogP contribution in [0.4, 0.5) is 0 Å². The second-order valence-electron chi connectivity index (χ2n) is 2.58. The number of hydrogen-bond acceptors (Lipinski definition) is 4. The molecule has 74 valence electrons. The van der Waals surface area contributed by atoms with Crippen LogP contribution >= 0.6 is 10.7 Å². The van der Waals surface area contributed by atoms with E-state index in [1.165, 1.54) is 6.07 Å². The minimum Gasteiger partial charge on any atom is -0.425 e. The Labute approximate surface area is 84.7 Å². The maximum atomic E-state index is 10.6. The Morgan fingerprint density at radius 3 is 2.64 bits per heavy atom. The van der Waals surface area contributed by atoms with Crippen molar-refractivity contribution in [3.8, 4) is 5.95 Å². The summed E-state index contributed by atoms with van der Waals surface area (Å²) in [5, 5.41) is 0.753. The number of furan rings is 1. The smallest absolute Gasteiger partial charge is 0.403 e. The zero-order chi connectivity index (χ0) is 10.2. The fraction of sp³-hybridized carbons (Fsp3) is 0. The summed E-state index contributed by atoms with van der Waals surface area (Å²) in [5.74, 6) is -0.138. The summed E-state index contributed by atoms with van der Waals surface area (Å²) < 4.78 is 30.5. The van der Waals surface area contributed by atoms with E-state index in [4.69, 9.17) is 15.1 Å². The van der Waals surface area contributed by atoms with Gasteiger partial charge in [-0.1, -0.05) is 18.2 Å². The average molecular weight is 233 g/mol. The molecule has 0 fully saturated rings. The molecule has 0 aliphatic carbocycles. The van der Waals surface area contributed by atoms with Crippen molar-refractivity contribution in [3.05, 3.63) is 30.3 Å². The lowest BCUT2D eigenvalue weighted by Gasteiger charge is -1.92. The first kappa shape index (κ1) is 9.36. The van der Waals surface area contributed by atoms with Gasteiger partial charge >= 0.3 is 15.3 Å². The Morgan fingerprint density at radius 2 is 2.00 bits per heavy atom. The fourth-order valence-electron chi connectivity index (χ4n) is 1.10. The van der Waals surface area contributed by atoms with E-state index in [9.17, 15) is 8.42 Å². The number of fused-ring (bicyclic) bond motifs is 1. The van der Waals surface area contributed by atoms with Crippen LogP contribution in [0.25, 0.3) is 11.0 Å². The standard InChI is InChI=1S/C8H5ClO4S/c9-14(10,11)13-8-5-6-3-1-2-4-7(6)12-8/h1-5H. The van der Waals surface area contributed by atoms with Gasteiger partial charge in [-0.15, -0.1) is 0 Å². The van der Waals surface area contributed by atoms with Gasteiger partial charge in [-0.25, -0.2) is 0 Å². The molecule has 0 aliphatic rings. The highest BCUT2D eigenvalue weighted by molar-refractivity contribution is 8.10. The van der Waals surface area contributed by atoms with Crippen molar-refractivity contribution in [2.45, 2.75) is 0 Å². The molecule has 0 radical (unpaired) electrons. The normalized spacial score (nSPS) is 11.8. The second-order valence-corrected chi connectivity index (χ2v) is 4.67. The van der Waals surface area contributed by atoms with E-state index in [2.05, 4.69) is 4.18 Å². The van der Waals surface area contributed by atoms with Gasteiger partial charge in [-0.05, 0) is 6.07 Å². The van der Waals surface area contributed by atoms with Crippen LogP contribution in [0.15, 0.2) is 34.7 Å². The van der Waals surface area contributed by atoms with Crippen molar-refractivity contribution in [1.29, 1.82) is 0 Å². The molecule has 0 amide bonds. The van der Waals surface area contributed by atoms with Crippen molar-refractivity contribution < 1.29 is 17.0 Å². The van der Waals surface area contributed by atoms with Crippen molar-refractivity contribution >= 4 is 31.0 Å². The van der Waals surface area contributed by atoms with Gasteiger partial charge in [0.2, 0.25) is 0 Å². The summed E-state index contributed by atoms with van der Waals surface area (Å²) in [6.45, 7) is 0. The van der Waals surface area contributed by atoms with E-state index in [1.54, 1.807) is 24.3 Å². The first-order chi connectivity index (χ1) is 6.54. The number of benzene rings is 1. The Kier molecular flexibility index (Phi) is 2.13. The van der Waals surface area contributed by atoms with Crippen LogP contribution in [0.2, 0.25) is 0 Å². The Balaban J connectivity index is 2.46. The molecule has 0 aliphatic heterocycles. The molecule has 14 heavy (non-hydrogen) atoms. The molecule has 0 saturated heterocycles. The lowest BCUT2D eigenvalue weighted by atomic mass is 10.3. The highest BCUT2D eigenvalue weighted by atomic mass is 35.7. The van der Waals surface area contributed by atoms with Crippen LogP contribution in [0, 0.1) is 0 Å². The minimum atomic E-state index is -4.05. The molecule has 0 unspecified atom stereocenters. The number of rotatable bonds is 2. The Bertz CT molecular complexity index is 524. The molecular formula is C8H5ClO4S. The number of hydrogen-bond donors (Lipinski definition) is 0. The lowest BCUT2D eigenvalue weighted by Crippen LogP contribution is -1.98. The largest absolute Gasteiger partial charge is 0.425 e. The molecule has 0 atom stereocenters. The summed E-state index contributed by atoms with van der Waals surface area (Å²) in [5.41, 5.74) is 0.544. The monoisotopic (exact) mass is 232 g/mol. The molecule has 1 aromatic heterocycles. The molecule has 1 aromatic carbocycles. The van der Waals surface area contributed by atoms with E-state index >= 15 is 0 Å². The highest BCUT2D eigenvalue weighted by Gasteiger charge is 2.11. The molecule has 0 bridgehead atoms. The Hall–Kier alpha value is -1.20. The number of para-hydroxylation sites is 1. The molecule has 4 nitrogen and oxygen atoms in total. The third-order valence-electron chi connectivity index (χ3n) is 1.58. The predicted molar refractivity (Wildman–Crippen MR) is 51.6 cm³/mol. The summed E-state index contributed by atoms with van der Waals surface area (Å²) in [6.07, 6.45) is 0. The first-order valence-electron chi connectivity index (χ1n) is 3.67. The zero-order valence-corrected chi connectivity index (χ0v) is 8.38. The quantitative estimate of drug-likeness (QED) is 0.746. The van der Waals surface area contributed by atoms with Crippen LogP contribution in [0.5, 0.6) is 5.95 Å². The molecule has 0 spiro atoms. The number of halogens is 1. The highest BCUT2D eigenvalue weighted by Crippen LogP contribution is 2.25. The third kappa shape index (κ3) is 2.00.